The number of aliphatic hydroxyl groups excluding tert-OH is 1. The van der Waals surface area contributed by atoms with Crippen LogP contribution in [0.5, 0.6) is 0 Å². The molecule has 0 heterocycles. The van der Waals surface area contributed by atoms with Gasteiger partial charge in [0.05, 0.1) is 12.7 Å². The van der Waals surface area contributed by atoms with Crippen molar-refractivity contribution in [3.05, 3.63) is 35.1 Å². The lowest BCUT2D eigenvalue weighted by Gasteiger charge is -2.29. The van der Waals surface area contributed by atoms with Gasteiger partial charge in [-0.3, -0.25) is 0 Å². The monoisotopic (exact) mass is 430 g/mol. The molecule has 1 aliphatic rings. The summed E-state index contributed by atoms with van der Waals surface area (Å²) in [5.41, 5.74) is 0.158. The van der Waals surface area contributed by atoms with E-state index in [0.29, 0.717) is 6.07 Å². The molecule has 0 saturated heterocycles. The number of benzene rings is 1. The molecule has 1 aromatic carbocycles. The number of unbranched alkanes of at least 4 members (excludes halogenated alkanes) is 3. The maximum atomic E-state index is 13.7. The Kier molecular flexibility index (Phi) is 11.7. The molecule has 0 unspecified atom stereocenters. The quantitative estimate of drug-likeness (QED) is 0.339. The van der Waals surface area contributed by atoms with Crippen molar-refractivity contribution in [2.75, 3.05) is 32.8 Å². The molecule has 7 heteroatoms. The lowest BCUT2D eigenvalue weighted by atomic mass is 9.92. The van der Waals surface area contributed by atoms with E-state index in [-0.39, 0.29) is 30.9 Å². The van der Waals surface area contributed by atoms with Gasteiger partial charge in [0.2, 0.25) is 0 Å². The van der Waals surface area contributed by atoms with E-state index < -0.39 is 17.5 Å². The summed E-state index contributed by atoms with van der Waals surface area (Å²) in [6.07, 6.45) is 8.65. The Morgan fingerprint density at radius 1 is 0.967 bits per heavy atom. The minimum Gasteiger partial charge on any atom is -0.395 e. The molecule has 30 heavy (non-hydrogen) atoms. The number of nitrogens with zero attached hydrogens (tertiary/aromatic N) is 1. The van der Waals surface area contributed by atoms with Gasteiger partial charge in [0, 0.05) is 37.4 Å². The highest BCUT2D eigenvalue weighted by atomic mass is 19.2. The van der Waals surface area contributed by atoms with Gasteiger partial charge in [-0.15, -0.1) is 0 Å². The van der Waals surface area contributed by atoms with E-state index >= 15 is 0 Å². The molecule has 0 spiro atoms. The number of hydrogen-bond acceptors (Lipinski definition) is 4. The van der Waals surface area contributed by atoms with E-state index in [1.165, 1.54) is 6.42 Å². The maximum absolute atomic E-state index is 13.7. The summed E-state index contributed by atoms with van der Waals surface area (Å²) in [4.78, 5) is 2.27. The molecular formula is C23H37F3N2O2. The van der Waals surface area contributed by atoms with Crippen LogP contribution in [0.4, 0.5) is 13.2 Å². The average molecular weight is 431 g/mol. The van der Waals surface area contributed by atoms with Crippen molar-refractivity contribution < 1.29 is 23.0 Å². The first-order valence-electron chi connectivity index (χ1n) is 11.3. The lowest BCUT2D eigenvalue weighted by molar-refractivity contribution is 0.0203. The minimum absolute atomic E-state index is 0.158. The van der Waals surface area contributed by atoms with Crippen LogP contribution in [0.3, 0.4) is 0 Å². The van der Waals surface area contributed by atoms with E-state index in [9.17, 15) is 13.2 Å². The zero-order valence-electron chi connectivity index (χ0n) is 18.1. The first kappa shape index (κ1) is 25.1. The fraction of sp³-hybridized carbons (Fsp3) is 0.739. The fourth-order valence-electron chi connectivity index (χ4n) is 4.00. The standard InChI is InChI=1S/C23H37F3N2O2/c1-2-28(12-13-29)11-5-3-4-6-14-30-20-9-7-19(8-10-20)27-17-18-15-22(25)23(26)16-21(18)24/h15-16,19-20,27,29H,2-14,17H2,1H3. The number of nitrogens with one attached hydrogen (secondary N) is 1. The van der Waals surface area contributed by atoms with Crippen molar-refractivity contribution in [1.82, 2.24) is 10.2 Å². The van der Waals surface area contributed by atoms with Crippen molar-refractivity contribution in [2.45, 2.75) is 77.0 Å². The highest BCUT2D eigenvalue weighted by Gasteiger charge is 2.21. The topological polar surface area (TPSA) is 44.7 Å². The van der Waals surface area contributed by atoms with Crippen LogP contribution in [0.2, 0.25) is 0 Å². The Morgan fingerprint density at radius 3 is 2.37 bits per heavy atom. The number of rotatable bonds is 14. The summed E-state index contributed by atoms with van der Waals surface area (Å²) in [7, 11) is 0. The molecule has 0 atom stereocenters. The second-order valence-corrected chi connectivity index (χ2v) is 8.16. The van der Waals surface area contributed by atoms with Gasteiger partial charge < -0.3 is 20.1 Å². The Morgan fingerprint density at radius 2 is 1.67 bits per heavy atom. The molecular weight excluding hydrogens is 393 g/mol. The van der Waals surface area contributed by atoms with Crippen molar-refractivity contribution >= 4 is 0 Å². The molecule has 2 N–H and O–H groups in total. The van der Waals surface area contributed by atoms with Gasteiger partial charge in [0.1, 0.15) is 5.82 Å². The molecule has 0 aromatic heterocycles. The van der Waals surface area contributed by atoms with Crippen molar-refractivity contribution in [1.29, 1.82) is 0 Å². The van der Waals surface area contributed by atoms with E-state index in [1.54, 1.807) is 0 Å². The van der Waals surface area contributed by atoms with Crippen LogP contribution in [-0.2, 0) is 11.3 Å². The highest BCUT2D eigenvalue weighted by Crippen LogP contribution is 2.22. The van der Waals surface area contributed by atoms with Crippen molar-refractivity contribution in [3.63, 3.8) is 0 Å². The Hall–Kier alpha value is -1.15. The minimum atomic E-state index is -1.15. The summed E-state index contributed by atoms with van der Waals surface area (Å²) in [6, 6.07) is 1.78. The van der Waals surface area contributed by atoms with E-state index in [1.807, 2.05) is 0 Å². The van der Waals surface area contributed by atoms with E-state index in [2.05, 4.69) is 17.1 Å². The smallest absolute Gasteiger partial charge is 0.161 e. The fourth-order valence-corrected chi connectivity index (χ4v) is 4.00. The summed E-state index contributed by atoms with van der Waals surface area (Å²) >= 11 is 0. The Balaban J connectivity index is 1.51. The van der Waals surface area contributed by atoms with E-state index in [0.717, 1.165) is 77.3 Å². The molecule has 4 nitrogen and oxygen atoms in total. The zero-order valence-corrected chi connectivity index (χ0v) is 18.1. The Labute approximate surface area is 178 Å². The summed E-state index contributed by atoms with van der Waals surface area (Å²) in [6.45, 7) is 6.12. The van der Waals surface area contributed by atoms with Crippen LogP contribution in [0.15, 0.2) is 12.1 Å². The number of likely N-dealkylation sites (N-methyl/N-ethyl adjacent to an activating group) is 1. The van der Waals surface area contributed by atoms with Gasteiger partial charge in [-0.1, -0.05) is 19.8 Å². The average Bonchev–Trinajstić information content (AvgIpc) is 2.74. The number of hydrogen-bond donors (Lipinski definition) is 2. The van der Waals surface area contributed by atoms with Crippen LogP contribution < -0.4 is 5.32 Å². The van der Waals surface area contributed by atoms with Gasteiger partial charge in [0.25, 0.3) is 0 Å². The van der Waals surface area contributed by atoms with Crippen LogP contribution in [0.1, 0.15) is 63.9 Å². The SMILES string of the molecule is CCN(CCO)CCCCCCOC1CCC(NCc2cc(F)c(F)cc2F)CC1. The molecule has 1 fully saturated rings. The van der Waals surface area contributed by atoms with Gasteiger partial charge in [-0.05, 0) is 57.7 Å². The third-order valence-electron chi connectivity index (χ3n) is 5.93. The second kappa shape index (κ2) is 14.0. The van der Waals surface area contributed by atoms with Crippen LogP contribution >= 0.6 is 0 Å². The van der Waals surface area contributed by atoms with Crippen LogP contribution in [0.25, 0.3) is 0 Å². The molecule has 0 aliphatic heterocycles. The first-order chi connectivity index (χ1) is 14.5. The largest absolute Gasteiger partial charge is 0.395 e. The molecule has 2 rings (SSSR count). The third-order valence-corrected chi connectivity index (χ3v) is 5.93. The predicted octanol–water partition coefficient (Wildman–Crippen LogP) is 4.40. The van der Waals surface area contributed by atoms with Gasteiger partial charge >= 0.3 is 0 Å². The molecule has 1 aromatic rings. The van der Waals surface area contributed by atoms with Gasteiger partial charge in [-0.25, -0.2) is 13.2 Å². The summed E-state index contributed by atoms with van der Waals surface area (Å²) < 4.78 is 46.0. The molecule has 172 valence electrons. The molecule has 1 saturated carbocycles. The number of ether oxygens (including phenoxy) is 1. The summed E-state index contributed by atoms with van der Waals surface area (Å²) in [5, 5.41) is 12.2. The molecule has 0 radical (unpaired) electrons. The summed E-state index contributed by atoms with van der Waals surface area (Å²) in [5.74, 6) is -2.88. The highest BCUT2D eigenvalue weighted by molar-refractivity contribution is 5.20. The van der Waals surface area contributed by atoms with Crippen molar-refractivity contribution in [2.24, 2.45) is 0 Å². The Bertz CT molecular complexity index is 610. The van der Waals surface area contributed by atoms with Gasteiger partial charge in [-0.2, -0.15) is 0 Å². The first-order valence-corrected chi connectivity index (χ1v) is 11.3. The van der Waals surface area contributed by atoms with E-state index in [4.69, 9.17) is 9.84 Å². The maximum Gasteiger partial charge on any atom is 0.161 e. The third kappa shape index (κ3) is 8.92. The van der Waals surface area contributed by atoms with Crippen LogP contribution in [-0.4, -0.2) is 55.0 Å². The van der Waals surface area contributed by atoms with Gasteiger partial charge in [0.15, 0.2) is 11.6 Å². The normalized spacial score (nSPS) is 19.5. The second-order valence-electron chi connectivity index (χ2n) is 8.16. The number of aliphatic hydroxyl groups is 1. The number of halogens is 3. The lowest BCUT2D eigenvalue weighted by Crippen LogP contribution is -2.35. The molecule has 1 aliphatic carbocycles. The predicted molar refractivity (Wildman–Crippen MR) is 113 cm³/mol. The zero-order chi connectivity index (χ0) is 21.8. The van der Waals surface area contributed by atoms with Crippen molar-refractivity contribution in [3.8, 4) is 0 Å². The molecule has 0 amide bonds. The molecule has 0 bridgehead atoms. The van der Waals surface area contributed by atoms with Crippen LogP contribution in [0, 0.1) is 17.5 Å².